The first kappa shape index (κ1) is 18.6. The van der Waals surface area contributed by atoms with E-state index >= 15 is 0 Å². The molecule has 0 aromatic heterocycles. The third kappa shape index (κ3) is 4.49. The number of nitrogens with zero attached hydrogens (tertiary/aromatic N) is 1. The molecule has 7 heteroatoms. The number of carbonyl (C=O) groups excluding carboxylic acids is 2. The van der Waals surface area contributed by atoms with Crippen molar-refractivity contribution in [3.8, 4) is 0 Å². The summed E-state index contributed by atoms with van der Waals surface area (Å²) in [6, 6.07) is 11.1. The molecule has 0 bridgehead atoms. The van der Waals surface area contributed by atoms with Crippen LogP contribution in [0.4, 0.5) is 10.1 Å². The number of nitrogens with one attached hydrogen (secondary N) is 1. The minimum atomic E-state index is -1.08. The van der Waals surface area contributed by atoms with Crippen molar-refractivity contribution in [2.75, 3.05) is 11.4 Å². The molecule has 1 aliphatic heterocycles. The maximum absolute atomic E-state index is 13.1. The van der Waals surface area contributed by atoms with E-state index in [9.17, 15) is 18.8 Å². The van der Waals surface area contributed by atoms with Crippen LogP contribution in [0.1, 0.15) is 41.2 Å². The van der Waals surface area contributed by atoms with Crippen LogP contribution in [0.15, 0.2) is 48.5 Å². The van der Waals surface area contributed by atoms with Gasteiger partial charge in [-0.25, -0.2) is 4.39 Å². The second-order valence-corrected chi connectivity index (χ2v) is 6.37. The molecular formula is C20H19FN2O4. The summed E-state index contributed by atoms with van der Waals surface area (Å²) in [7, 11) is 0. The molecule has 1 saturated heterocycles. The van der Waals surface area contributed by atoms with E-state index in [1.54, 1.807) is 29.2 Å². The van der Waals surface area contributed by atoms with E-state index < -0.39 is 23.7 Å². The summed E-state index contributed by atoms with van der Waals surface area (Å²) in [6.07, 6.45) is 1.02. The molecule has 1 fully saturated rings. The second kappa shape index (κ2) is 7.99. The van der Waals surface area contributed by atoms with Crippen molar-refractivity contribution in [2.45, 2.75) is 25.3 Å². The molecule has 2 aromatic rings. The minimum Gasteiger partial charge on any atom is -0.481 e. The number of aliphatic carboxylic acids is 1. The fraction of sp³-hybridized carbons (Fsp3) is 0.250. The molecule has 140 valence electrons. The standard InChI is InChI=1S/C20H19FN2O4/c21-15-7-3-13(4-8-15)17(12-19(25)26)22-20(27)14-5-9-16(10-6-14)23-11-1-2-18(23)24/h3-10,17H,1-2,11-12H2,(H,22,27)(H,25,26)/t17-/m0/s1. The molecule has 2 N–H and O–H groups in total. The molecule has 3 rings (SSSR count). The molecule has 0 aliphatic carbocycles. The van der Waals surface area contributed by atoms with Gasteiger partial charge in [-0.1, -0.05) is 12.1 Å². The molecule has 2 aromatic carbocycles. The van der Waals surface area contributed by atoms with Gasteiger partial charge >= 0.3 is 5.97 Å². The number of rotatable bonds is 6. The van der Waals surface area contributed by atoms with Crippen molar-refractivity contribution in [2.24, 2.45) is 0 Å². The van der Waals surface area contributed by atoms with E-state index in [1.165, 1.54) is 24.3 Å². The number of amides is 2. The maximum Gasteiger partial charge on any atom is 0.305 e. The molecule has 0 unspecified atom stereocenters. The third-order valence-corrected chi connectivity index (χ3v) is 4.47. The highest BCUT2D eigenvalue weighted by molar-refractivity contribution is 5.97. The smallest absolute Gasteiger partial charge is 0.305 e. The van der Waals surface area contributed by atoms with Crippen LogP contribution in [0.25, 0.3) is 0 Å². The Hall–Kier alpha value is -3.22. The summed E-state index contributed by atoms with van der Waals surface area (Å²) >= 11 is 0. The van der Waals surface area contributed by atoms with Crippen LogP contribution in [0.3, 0.4) is 0 Å². The summed E-state index contributed by atoms with van der Waals surface area (Å²) < 4.78 is 13.1. The second-order valence-electron chi connectivity index (χ2n) is 6.37. The van der Waals surface area contributed by atoms with E-state index in [2.05, 4.69) is 5.32 Å². The topological polar surface area (TPSA) is 86.7 Å². The number of halogens is 1. The molecule has 0 saturated carbocycles. The Morgan fingerprint density at radius 2 is 1.78 bits per heavy atom. The van der Waals surface area contributed by atoms with Gasteiger partial charge in [-0.15, -0.1) is 0 Å². The van der Waals surface area contributed by atoms with Crippen molar-refractivity contribution < 1.29 is 23.9 Å². The van der Waals surface area contributed by atoms with E-state index in [0.29, 0.717) is 24.1 Å². The van der Waals surface area contributed by atoms with Crippen molar-refractivity contribution in [3.63, 3.8) is 0 Å². The van der Waals surface area contributed by atoms with Crippen molar-refractivity contribution in [3.05, 3.63) is 65.5 Å². The van der Waals surface area contributed by atoms with Crippen molar-refractivity contribution >= 4 is 23.5 Å². The molecule has 1 heterocycles. The summed E-state index contributed by atoms with van der Waals surface area (Å²) in [5, 5.41) is 11.8. The molecule has 0 radical (unpaired) electrons. The van der Waals surface area contributed by atoms with Crippen LogP contribution in [0.2, 0.25) is 0 Å². The Morgan fingerprint density at radius 3 is 2.33 bits per heavy atom. The van der Waals surface area contributed by atoms with Crippen molar-refractivity contribution in [1.29, 1.82) is 0 Å². The Labute approximate surface area is 155 Å². The maximum atomic E-state index is 13.1. The normalized spacial score (nSPS) is 14.9. The highest BCUT2D eigenvalue weighted by Crippen LogP contribution is 2.22. The number of carboxylic acid groups (broad SMARTS) is 1. The van der Waals surface area contributed by atoms with Gasteiger partial charge in [0.15, 0.2) is 0 Å². The van der Waals surface area contributed by atoms with Crippen LogP contribution >= 0.6 is 0 Å². The molecule has 1 atom stereocenters. The molecule has 6 nitrogen and oxygen atoms in total. The zero-order valence-corrected chi connectivity index (χ0v) is 14.5. The van der Waals surface area contributed by atoms with Crippen molar-refractivity contribution in [1.82, 2.24) is 5.32 Å². The highest BCUT2D eigenvalue weighted by Gasteiger charge is 2.22. The van der Waals surface area contributed by atoms with Gasteiger partial charge < -0.3 is 15.3 Å². The van der Waals surface area contributed by atoms with Gasteiger partial charge in [0.2, 0.25) is 5.91 Å². The number of hydrogen-bond acceptors (Lipinski definition) is 3. The largest absolute Gasteiger partial charge is 0.481 e. The van der Waals surface area contributed by atoms with Gasteiger partial charge in [0.25, 0.3) is 5.91 Å². The predicted octanol–water partition coefficient (Wildman–Crippen LogP) is 2.90. The highest BCUT2D eigenvalue weighted by atomic mass is 19.1. The molecule has 1 aliphatic rings. The van der Waals surface area contributed by atoms with Gasteiger partial charge in [-0.05, 0) is 48.4 Å². The minimum absolute atomic E-state index is 0.0602. The summed E-state index contributed by atoms with van der Waals surface area (Å²) in [5.41, 5.74) is 1.59. The Kier molecular flexibility index (Phi) is 5.49. The van der Waals surface area contributed by atoms with Crippen LogP contribution in [-0.2, 0) is 9.59 Å². The lowest BCUT2D eigenvalue weighted by Crippen LogP contribution is -2.30. The van der Waals surface area contributed by atoms with E-state index in [-0.39, 0.29) is 12.3 Å². The van der Waals surface area contributed by atoms with Crippen LogP contribution in [0, 0.1) is 5.82 Å². The first-order valence-corrected chi connectivity index (χ1v) is 8.62. The molecular weight excluding hydrogens is 351 g/mol. The first-order chi connectivity index (χ1) is 12.9. The van der Waals surface area contributed by atoms with Gasteiger partial charge in [0.05, 0.1) is 12.5 Å². The van der Waals surface area contributed by atoms with Gasteiger partial charge in [0, 0.05) is 24.2 Å². The lowest BCUT2D eigenvalue weighted by molar-refractivity contribution is -0.137. The zero-order chi connectivity index (χ0) is 19.4. The average Bonchev–Trinajstić information content (AvgIpc) is 3.07. The Morgan fingerprint density at radius 1 is 1.11 bits per heavy atom. The summed E-state index contributed by atoms with van der Waals surface area (Å²) in [5.74, 6) is -1.89. The first-order valence-electron chi connectivity index (χ1n) is 8.62. The summed E-state index contributed by atoms with van der Waals surface area (Å²) in [4.78, 5) is 37.1. The number of hydrogen-bond donors (Lipinski definition) is 2. The number of benzene rings is 2. The van der Waals surface area contributed by atoms with Crippen LogP contribution in [-0.4, -0.2) is 29.4 Å². The third-order valence-electron chi connectivity index (χ3n) is 4.47. The number of anilines is 1. The molecule has 27 heavy (non-hydrogen) atoms. The number of carbonyl (C=O) groups is 3. The van der Waals surface area contributed by atoms with E-state index in [1.807, 2.05) is 0 Å². The van der Waals surface area contributed by atoms with Gasteiger partial charge in [-0.2, -0.15) is 0 Å². The Balaban J connectivity index is 1.74. The van der Waals surface area contributed by atoms with E-state index in [0.717, 1.165) is 12.1 Å². The SMILES string of the molecule is O=C(O)C[C@H](NC(=O)c1ccc(N2CCCC2=O)cc1)c1ccc(F)cc1. The lowest BCUT2D eigenvalue weighted by atomic mass is 10.0. The monoisotopic (exact) mass is 370 g/mol. The van der Waals surface area contributed by atoms with E-state index in [4.69, 9.17) is 5.11 Å². The lowest BCUT2D eigenvalue weighted by Gasteiger charge is -2.19. The summed E-state index contributed by atoms with van der Waals surface area (Å²) in [6.45, 7) is 0.662. The fourth-order valence-corrected chi connectivity index (χ4v) is 3.08. The zero-order valence-electron chi connectivity index (χ0n) is 14.5. The quantitative estimate of drug-likeness (QED) is 0.819. The molecule has 0 spiro atoms. The van der Waals surface area contributed by atoms with Gasteiger partial charge in [0.1, 0.15) is 5.82 Å². The average molecular weight is 370 g/mol. The van der Waals surface area contributed by atoms with Gasteiger partial charge in [-0.3, -0.25) is 14.4 Å². The van der Waals surface area contributed by atoms with Crippen LogP contribution < -0.4 is 10.2 Å². The molecule has 2 amide bonds. The number of carboxylic acids is 1. The predicted molar refractivity (Wildman–Crippen MR) is 96.9 cm³/mol. The van der Waals surface area contributed by atoms with Crippen LogP contribution in [0.5, 0.6) is 0 Å². The fourth-order valence-electron chi connectivity index (χ4n) is 3.08. The Bertz CT molecular complexity index is 849.